The molecule has 0 rings (SSSR count). The van der Waals surface area contributed by atoms with Crippen LogP contribution in [0.5, 0.6) is 0 Å². The Bertz CT molecular complexity index is 242. The van der Waals surface area contributed by atoms with E-state index in [1.54, 1.807) is 0 Å². The van der Waals surface area contributed by atoms with Crippen molar-refractivity contribution in [2.24, 2.45) is 11.5 Å². The van der Waals surface area contributed by atoms with E-state index in [4.69, 9.17) is 20.9 Å². The summed E-state index contributed by atoms with van der Waals surface area (Å²) in [5.41, 5.74) is 11.2. The number of unbranched alkanes of at least 4 members (excludes halogenated alkanes) is 2. The molecule has 0 aliphatic carbocycles. The second-order valence-corrected chi connectivity index (χ2v) is 6.01. The van der Waals surface area contributed by atoms with Crippen LogP contribution in [0.4, 0.5) is 0 Å². The second kappa shape index (κ2) is 8.20. The van der Waals surface area contributed by atoms with Gasteiger partial charge in [-0.05, 0) is 40.5 Å². The van der Waals surface area contributed by atoms with Gasteiger partial charge in [0.2, 0.25) is 0 Å². The monoisotopic (exact) mass is 274 g/mol. The highest BCUT2D eigenvalue weighted by molar-refractivity contribution is 4.92. The molecule has 0 radical (unpaired) electrons. The number of hydrogen-bond donors (Lipinski definition) is 2. The Morgan fingerprint density at radius 3 is 2.05 bits per heavy atom. The molecule has 116 valence electrons. The van der Waals surface area contributed by atoms with E-state index < -0.39 is 11.3 Å². The van der Waals surface area contributed by atoms with Gasteiger partial charge in [-0.25, -0.2) is 0 Å². The standard InChI is InChI=1S/C15H34N2O2/c1-7-9-10-11-18-12(3)15(6,17)13(4)19-14(5,16)8-2/h12-13H,7-11,16-17H2,1-6H3. The molecule has 0 bridgehead atoms. The maximum absolute atomic E-state index is 6.37. The quantitative estimate of drug-likeness (QED) is 0.475. The molecule has 0 aromatic rings. The van der Waals surface area contributed by atoms with Crippen LogP contribution >= 0.6 is 0 Å². The van der Waals surface area contributed by atoms with E-state index in [0.29, 0.717) is 0 Å². The summed E-state index contributed by atoms with van der Waals surface area (Å²) in [5, 5.41) is 0. The van der Waals surface area contributed by atoms with Gasteiger partial charge in [0.05, 0.1) is 17.7 Å². The van der Waals surface area contributed by atoms with E-state index in [0.717, 1.165) is 19.4 Å². The van der Waals surface area contributed by atoms with Crippen molar-refractivity contribution >= 4 is 0 Å². The summed E-state index contributed by atoms with van der Waals surface area (Å²) < 4.78 is 11.7. The third kappa shape index (κ3) is 6.70. The molecule has 4 heteroatoms. The highest BCUT2D eigenvalue weighted by atomic mass is 16.5. The first-order chi connectivity index (χ1) is 8.67. The molecule has 4 atom stereocenters. The van der Waals surface area contributed by atoms with Crippen LogP contribution < -0.4 is 11.5 Å². The van der Waals surface area contributed by atoms with Crippen molar-refractivity contribution in [1.82, 2.24) is 0 Å². The van der Waals surface area contributed by atoms with E-state index in [2.05, 4.69) is 6.92 Å². The third-order valence-corrected chi connectivity index (χ3v) is 4.02. The van der Waals surface area contributed by atoms with Gasteiger partial charge in [-0.1, -0.05) is 26.7 Å². The highest BCUT2D eigenvalue weighted by Gasteiger charge is 2.37. The Labute approximate surface area is 119 Å². The first-order valence-corrected chi connectivity index (χ1v) is 7.54. The lowest BCUT2D eigenvalue weighted by Crippen LogP contribution is -2.59. The Balaban J connectivity index is 4.33. The minimum Gasteiger partial charge on any atom is -0.377 e. The van der Waals surface area contributed by atoms with Crippen LogP contribution in [0.1, 0.15) is 67.2 Å². The number of hydrogen-bond acceptors (Lipinski definition) is 4. The van der Waals surface area contributed by atoms with Crippen molar-refractivity contribution in [3.05, 3.63) is 0 Å². The molecule has 4 N–H and O–H groups in total. The Kier molecular flexibility index (Phi) is 8.13. The van der Waals surface area contributed by atoms with Crippen molar-refractivity contribution in [3.63, 3.8) is 0 Å². The maximum Gasteiger partial charge on any atom is 0.114 e. The topological polar surface area (TPSA) is 70.5 Å². The highest BCUT2D eigenvalue weighted by Crippen LogP contribution is 2.22. The lowest BCUT2D eigenvalue weighted by molar-refractivity contribution is -0.127. The summed E-state index contributed by atoms with van der Waals surface area (Å²) in [4.78, 5) is 0. The van der Waals surface area contributed by atoms with Crippen LogP contribution in [0.15, 0.2) is 0 Å². The maximum atomic E-state index is 6.37. The minimum atomic E-state index is -0.637. The molecule has 0 saturated heterocycles. The average Bonchev–Trinajstić information content (AvgIpc) is 2.33. The molecule has 0 aromatic heterocycles. The van der Waals surface area contributed by atoms with Crippen molar-refractivity contribution in [2.45, 2.75) is 90.7 Å². The van der Waals surface area contributed by atoms with Gasteiger partial charge in [0.25, 0.3) is 0 Å². The second-order valence-electron chi connectivity index (χ2n) is 6.01. The fraction of sp³-hybridized carbons (Fsp3) is 1.00. The van der Waals surface area contributed by atoms with E-state index >= 15 is 0 Å². The summed E-state index contributed by atoms with van der Waals surface area (Å²) >= 11 is 0. The van der Waals surface area contributed by atoms with Gasteiger partial charge in [-0.2, -0.15) is 0 Å². The molecular weight excluding hydrogens is 240 g/mol. The van der Waals surface area contributed by atoms with Crippen molar-refractivity contribution in [1.29, 1.82) is 0 Å². The fourth-order valence-electron chi connectivity index (χ4n) is 1.74. The zero-order chi connectivity index (χ0) is 15.1. The number of ether oxygens (including phenoxy) is 2. The molecular formula is C15H34N2O2. The van der Waals surface area contributed by atoms with Crippen LogP contribution in [0.2, 0.25) is 0 Å². The van der Waals surface area contributed by atoms with E-state index in [9.17, 15) is 0 Å². The zero-order valence-corrected chi connectivity index (χ0v) is 13.7. The molecule has 4 unspecified atom stereocenters. The van der Waals surface area contributed by atoms with Gasteiger partial charge in [0.1, 0.15) is 5.72 Å². The van der Waals surface area contributed by atoms with Crippen LogP contribution in [-0.4, -0.2) is 30.1 Å². The summed E-state index contributed by atoms with van der Waals surface area (Å²) in [6, 6.07) is 0. The predicted molar refractivity (Wildman–Crippen MR) is 81.0 cm³/mol. The largest absolute Gasteiger partial charge is 0.377 e. The molecule has 0 heterocycles. The Morgan fingerprint density at radius 1 is 1.00 bits per heavy atom. The van der Waals surface area contributed by atoms with E-state index in [1.165, 1.54) is 12.8 Å². The molecule has 0 aliphatic heterocycles. The summed E-state index contributed by atoms with van der Waals surface area (Å²) in [7, 11) is 0. The average molecular weight is 274 g/mol. The lowest BCUT2D eigenvalue weighted by atomic mass is 9.90. The molecule has 0 aromatic carbocycles. The fourth-order valence-corrected chi connectivity index (χ4v) is 1.74. The van der Waals surface area contributed by atoms with Gasteiger partial charge in [0, 0.05) is 6.61 Å². The van der Waals surface area contributed by atoms with E-state index in [-0.39, 0.29) is 12.2 Å². The van der Waals surface area contributed by atoms with Crippen LogP contribution in [0, 0.1) is 0 Å². The van der Waals surface area contributed by atoms with Gasteiger partial charge in [0.15, 0.2) is 0 Å². The molecule has 0 fully saturated rings. The van der Waals surface area contributed by atoms with Crippen molar-refractivity contribution in [2.75, 3.05) is 6.61 Å². The molecule has 19 heavy (non-hydrogen) atoms. The molecule has 0 amide bonds. The Morgan fingerprint density at radius 2 is 1.58 bits per heavy atom. The molecule has 0 saturated carbocycles. The van der Waals surface area contributed by atoms with Crippen LogP contribution in [0.25, 0.3) is 0 Å². The SMILES string of the molecule is CCCCCOC(C)C(C)(N)C(C)OC(C)(N)CC. The normalized spacial score (nSPS) is 21.5. The lowest BCUT2D eigenvalue weighted by Gasteiger charge is -2.40. The zero-order valence-electron chi connectivity index (χ0n) is 13.7. The third-order valence-electron chi connectivity index (χ3n) is 4.02. The minimum absolute atomic E-state index is 0.0630. The van der Waals surface area contributed by atoms with Crippen molar-refractivity contribution < 1.29 is 9.47 Å². The number of rotatable bonds is 10. The summed E-state index contributed by atoms with van der Waals surface area (Å²) in [6.45, 7) is 12.8. The molecule has 4 nitrogen and oxygen atoms in total. The smallest absolute Gasteiger partial charge is 0.114 e. The molecule has 0 spiro atoms. The Hall–Kier alpha value is -0.160. The molecule has 0 aliphatic rings. The van der Waals surface area contributed by atoms with Crippen molar-refractivity contribution in [3.8, 4) is 0 Å². The van der Waals surface area contributed by atoms with Gasteiger partial charge in [-0.3, -0.25) is 0 Å². The predicted octanol–water partition coefficient (Wildman–Crippen LogP) is 2.79. The summed E-state index contributed by atoms with van der Waals surface area (Å²) in [5.74, 6) is 0. The first kappa shape index (κ1) is 18.8. The van der Waals surface area contributed by atoms with Gasteiger partial charge in [-0.15, -0.1) is 0 Å². The first-order valence-electron chi connectivity index (χ1n) is 7.54. The van der Waals surface area contributed by atoms with Crippen LogP contribution in [-0.2, 0) is 9.47 Å². The summed E-state index contributed by atoms with van der Waals surface area (Å²) in [6.07, 6.45) is 3.99. The van der Waals surface area contributed by atoms with Gasteiger partial charge < -0.3 is 20.9 Å². The number of nitrogens with two attached hydrogens (primary N) is 2. The van der Waals surface area contributed by atoms with Gasteiger partial charge >= 0.3 is 0 Å². The van der Waals surface area contributed by atoms with E-state index in [1.807, 2.05) is 34.6 Å². The van der Waals surface area contributed by atoms with Crippen LogP contribution in [0.3, 0.4) is 0 Å².